The molecule has 0 aliphatic heterocycles. The Balaban J connectivity index is 1.64. The number of rotatable bonds is 10. The molecule has 0 atom stereocenters. The predicted molar refractivity (Wildman–Crippen MR) is 214 cm³/mol. The number of benzene rings is 3. The number of fused-ring (bicyclic) bond motifs is 2. The third kappa shape index (κ3) is 8.85. The molecule has 0 aliphatic carbocycles. The molecule has 3 aromatic carbocycles. The number of unbranched alkanes of at least 4 members (excludes halogenated alkanes) is 4. The minimum absolute atomic E-state index is 1.10. The standard InChI is InChI=1S/C36H32S2.6CH3.2Sn/c1-3-5-7-9-27-11-15-29(16-12-27)19-21-31-33-23-25-38-36(33)32(34-24-26-37-35(31)34)22-20-30-17-13-28(14-18-30)10-8-6-4-2;;;;;;;;/h11-18,23-24H,3-10H2,1-2H3;6*1H3;;. The van der Waals surface area contributed by atoms with Crippen molar-refractivity contribution in [3.63, 3.8) is 0 Å². The molecule has 0 N–H and O–H groups in total. The van der Waals surface area contributed by atoms with Crippen LogP contribution in [0.4, 0.5) is 0 Å². The molecule has 0 amide bonds. The topological polar surface area (TPSA) is 0 Å². The Kier molecular flexibility index (Phi) is 12.1. The molecule has 0 saturated heterocycles. The van der Waals surface area contributed by atoms with Crippen molar-refractivity contribution in [2.24, 2.45) is 0 Å². The summed E-state index contributed by atoms with van der Waals surface area (Å²) in [6.07, 6.45) is 9.94. The van der Waals surface area contributed by atoms with Crippen LogP contribution in [0.25, 0.3) is 20.2 Å². The van der Waals surface area contributed by atoms with Crippen LogP contribution in [0.5, 0.6) is 0 Å². The zero-order valence-electron chi connectivity index (χ0n) is 29.2. The molecule has 4 heteroatoms. The molecule has 5 aromatic rings. The van der Waals surface area contributed by atoms with Crippen molar-refractivity contribution < 1.29 is 0 Å². The average Bonchev–Trinajstić information content (AvgIpc) is 3.67. The zero-order valence-corrected chi connectivity index (χ0v) is 36.6. The second-order valence-corrected chi connectivity index (χ2v) is 47.7. The summed E-state index contributed by atoms with van der Waals surface area (Å²) < 4.78 is 5.86. The van der Waals surface area contributed by atoms with E-state index in [9.17, 15) is 0 Å². The molecule has 0 saturated carbocycles. The number of thiophene rings is 2. The molecule has 0 bridgehead atoms. The SMILES string of the molecule is CCCCCc1ccc(C#Cc2c3c[c]([Sn]([CH3])([CH3])[CH3])sc3c(C#Cc3ccc(CCCCC)cc3)c3c[c]([Sn]([CH3])([CH3])[CH3])sc23)cc1. The molecular formula is C42H50S2Sn2. The van der Waals surface area contributed by atoms with Crippen LogP contribution < -0.4 is 5.79 Å². The maximum absolute atomic E-state index is 3.74. The summed E-state index contributed by atoms with van der Waals surface area (Å²) in [5.41, 5.74) is 7.45. The van der Waals surface area contributed by atoms with E-state index in [1.807, 2.05) is 22.7 Å². The number of hydrogen-bond acceptors (Lipinski definition) is 2. The fourth-order valence-corrected chi connectivity index (χ4v) is 18.5. The van der Waals surface area contributed by atoms with E-state index in [4.69, 9.17) is 0 Å². The van der Waals surface area contributed by atoms with E-state index < -0.39 is 36.8 Å². The molecule has 5 rings (SSSR count). The van der Waals surface area contributed by atoms with Crippen LogP contribution in [0.3, 0.4) is 0 Å². The maximum atomic E-state index is 3.74. The van der Waals surface area contributed by atoms with Crippen LogP contribution >= 0.6 is 22.7 Å². The van der Waals surface area contributed by atoms with Crippen LogP contribution in [-0.4, -0.2) is 36.8 Å². The van der Waals surface area contributed by atoms with Gasteiger partial charge in [-0.3, -0.25) is 0 Å². The Hall–Kier alpha value is -1.70. The molecule has 0 unspecified atom stereocenters. The van der Waals surface area contributed by atoms with Crippen molar-refractivity contribution in [1.29, 1.82) is 0 Å². The molecule has 2 heterocycles. The van der Waals surface area contributed by atoms with E-state index in [0.29, 0.717) is 0 Å². The molecule has 0 spiro atoms. The Bertz CT molecular complexity index is 1720. The number of hydrogen-bond donors (Lipinski definition) is 0. The quantitative estimate of drug-likeness (QED) is 0.0746. The van der Waals surface area contributed by atoms with Gasteiger partial charge in [0.2, 0.25) is 0 Å². The third-order valence-electron chi connectivity index (χ3n) is 8.64. The van der Waals surface area contributed by atoms with Gasteiger partial charge in [-0.2, -0.15) is 0 Å². The second-order valence-electron chi connectivity index (χ2n) is 14.8. The van der Waals surface area contributed by atoms with E-state index in [-0.39, 0.29) is 0 Å². The first-order chi connectivity index (χ1) is 22.0. The molecule has 0 nitrogen and oxygen atoms in total. The Morgan fingerprint density at radius 3 is 1.20 bits per heavy atom. The molecule has 46 heavy (non-hydrogen) atoms. The zero-order chi connectivity index (χ0) is 32.9. The van der Waals surface area contributed by atoms with Gasteiger partial charge < -0.3 is 0 Å². The van der Waals surface area contributed by atoms with Crippen molar-refractivity contribution in [3.8, 4) is 23.7 Å². The predicted octanol–water partition coefficient (Wildman–Crippen LogP) is 11.5. The van der Waals surface area contributed by atoms with E-state index >= 15 is 0 Å². The van der Waals surface area contributed by atoms with E-state index in [0.717, 1.165) is 24.0 Å². The van der Waals surface area contributed by atoms with Gasteiger partial charge in [0.05, 0.1) is 0 Å². The third-order valence-corrected chi connectivity index (χ3v) is 29.8. The molecule has 2 aromatic heterocycles. The van der Waals surface area contributed by atoms with Crippen LogP contribution in [0.2, 0.25) is 29.6 Å². The normalized spacial score (nSPS) is 11.8. The van der Waals surface area contributed by atoms with Gasteiger partial charge in [-0.25, -0.2) is 0 Å². The van der Waals surface area contributed by atoms with E-state index in [1.165, 1.54) is 81.0 Å². The second kappa shape index (κ2) is 15.7. The summed E-state index contributed by atoms with van der Waals surface area (Å²) in [5, 5.41) is 2.63. The first-order valence-corrected chi connectivity index (χ1v) is 38.8. The fraction of sp³-hybridized carbons (Fsp3) is 0.381. The van der Waals surface area contributed by atoms with Gasteiger partial charge in [-0.05, 0) is 0 Å². The summed E-state index contributed by atoms with van der Waals surface area (Å²) in [7, 11) is 0. The molecule has 238 valence electrons. The van der Waals surface area contributed by atoms with Crippen LogP contribution in [0, 0.1) is 23.7 Å². The Morgan fingerprint density at radius 1 is 0.500 bits per heavy atom. The Morgan fingerprint density at radius 2 is 0.870 bits per heavy atom. The van der Waals surface area contributed by atoms with Gasteiger partial charge in [0.1, 0.15) is 0 Å². The first-order valence-electron chi connectivity index (χ1n) is 17.2. The molecule has 0 fully saturated rings. The van der Waals surface area contributed by atoms with Crippen molar-refractivity contribution in [2.75, 3.05) is 0 Å². The Labute approximate surface area is 295 Å². The van der Waals surface area contributed by atoms with Gasteiger partial charge in [0, 0.05) is 0 Å². The van der Waals surface area contributed by atoms with Gasteiger partial charge in [0.15, 0.2) is 0 Å². The van der Waals surface area contributed by atoms with Crippen molar-refractivity contribution in [2.45, 2.75) is 94.9 Å². The summed E-state index contributed by atoms with van der Waals surface area (Å²) >= 11 is -0.699. The molecular weight excluding hydrogens is 806 g/mol. The average molecular weight is 856 g/mol. The minimum atomic E-state index is -2.35. The summed E-state index contributed by atoms with van der Waals surface area (Å²) in [4.78, 5) is 15.1. The number of aryl methyl sites for hydroxylation is 2. The van der Waals surface area contributed by atoms with E-state index in [2.05, 4.69) is 128 Å². The van der Waals surface area contributed by atoms with Crippen molar-refractivity contribution in [3.05, 3.63) is 94.0 Å². The fourth-order valence-electron chi connectivity index (χ4n) is 5.69. The molecule has 0 radical (unpaired) electrons. The van der Waals surface area contributed by atoms with Gasteiger partial charge in [-0.1, -0.05) is 39.5 Å². The van der Waals surface area contributed by atoms with Gasteiger partial charge >= 0.3 is 258 Å². The summed E-state index contributed by atoms with van der Waals surface area (Å²) in [6.45, 7) is 4.53. The monoisotopic (exact) mass is 858 g/mol. The molecule has 0 aliphatic rings. The first kappa shape index (κ1) is 35.6. The van der Waals surface area contributed by atoms with Crippen LogP contribution in [-0.2, 0) is 12.8 Å². The summed E-state index contributed by atoms with van der Waals surface area (Å²) in [5.74, 6) is 14.7. The van der Waals surface area contributed by atoms with Gasteiger partial charge in [0.25, 0.3) is 0 Å². The van der Waals surface area contributed by atoms with Crippen molar-refractivity contribution in [1.82, 2.24) is 0 Å². The van der Waals surface area contributed by atoms with Crippen LogP contribution in [0.15, 0.2) is 60.7 Å². The van der Waals surface area contributed by atoms with Gasteiger partial charge in [-0.15, -0.1) is 0 Å². The van der Waals surface area contributed by atoms with Crippen LogP contribution in [0.1, 0.15) is 85.8 Å². The van der Waals surface area contributed by atoms with Crippen molar-refractivity contribution >= 4 is 85.4 Å². The summed E-state index contributed by atoms with van der Waals surface area (Å²) in [6, 6.07) is 23.0. The van der Waals surface area contributed by atoms with E-state index in [1.54, 1.807) is 5.79 Å².